The van der Waals surface area contributed by atoms with Crippen molar-refractivity contribution < 1.29 is 15.0 Å². The van der Waals surface area contributed by atoms with Crippen molar-refractivity contribution >= 4 is 34.1 Å². The van der Waals surface area contributed by atoms with Crippen LogP contribution in [0.15, 0.2) is 23.2 Å². The number of ketones is 1. The van der Waals surface area contributed by atoms with Crippen LogP contribution < -0.4 is 5.32 Å². The number of aromatic nitrogens is 4. The second kappa shape index (κ2) is 6.35. The summed E-state index contributed by atoms with van der Waals surface area (Å²) in [6, 6.07) is 1.45. The molecule has 5 rings (SSSR count). The number of aliphatic hydroxyl groups is 2. The number of anilines is 1. The Morgan fingerprint density at radius 1 is 1.38 bits per heavy atom. The molecule has 5 atom stereocenters. The number of Topliss-reactive ketones (excluding diaryl/α,β-unsaturated/α-hetero) is 1. The molecule has 29 heavy (non-hydrogen) atoms. The van der Waals surface area contributed by atoms with Crippen molar-refractivity contribution in [2.24, 2.45) is 11.3 Å². The fraction of sp³-hybridized carbons (Fsp3) is 0.400. The van der Waals surface area contributed by atoms with E-state index in [9.17, 15) is 15.0 Å². The highest BCUT2D eigenvalue weighted by atomic mass is 32.1. The van der Waals surface area contributed by atoms with E-state index in [2.05, 4.69) is 32.1 Å². The summed E-state index contributed by atoms with van der Waals surface area (Å²) in [5.74, 6) is 6.64. The molecule has 0 saturated heterocycles. The van der Waals surface area contributed by atoms with Crippen molar-refractivity contribution in [2.75, 3.05) is 12.4 Å². The van der Waals surface area contributed by atoms with Crippen molar-refractivity contribution in [3.05, 3.63) is 34.5 Å². The summed E-state index contributed by atoms with van der Waals surface area (Å²) in [6.45, 7) is 1.48. The van der Waals surface area contributed by atoms with Gasteiger partial charge in [-0.1, -0.05) is 5.92 Å². The van der Waals surface area contributed by atoms with E-state index < -0.39 is 23.7 Å². The molecule has 0 aromatic carbocycles. The van der Waals surface area contributed by atoms with E-state index in [1.54, 1.807) is 29.3 Å². The van der Waals surface area contributed by atoms with Gasteiger partial charge in [0.15, 0.2) is 17.0 Å². The first-order valence-electron chi connectivity index (χ1n) is 9.31. The largest absolute Gasteiger partial charge is 0.389 e. The fourth-order valence-electron chi connectivity index (χ4n) is 4.60. The normalized spacial score (nSPS) is 29.9. The van der Waals surface area contributed by atoms with Gasteiger partial charge in [0.05, 0.1) is 23.9 Å². The SMILES string of the molecule is CNc1nc(C#Cc2ccsc2)nc2c1ncn2[C@@H]1C2C[C@@]2(C(C)=O)C(O)[C@H]1O. The molecular weight excluding hydrogens is 390 g/mol. The molecule has 8 nitrogen and oxygen atoms in total. The highest BCUT2D eigenvalue weighted by Gasteiger charge is 2.74. The van der Waals surface area contributed by atoms with Crippen LogP contribution in [0.4, 0.5) is 5.82 Å². The lowest BCUT2D eigenvalue weighted by Crippen LogP contribution is -2.36. The maximum Gasteiger partial charge on any atom is 0.209 e. The molecule has 0 aliphatic heterocycles. The molecule has 2 aliphatic rings. The highest BCUT2D eigenvalue weighted by molar-refractivity contribution is 7.08. The molecule has 3 N–H and O–H groups in total. The smallest absolute Gasteiger partial charge is 0.209 e. The molecule has 9 heteroatoms. The number of hydrogen-bond acceptors (Lipinski definition) is 8. The van der Waals surface area contributed by atoms with E-state index >= 15 is 0 Å². The monoisotopic (exact) mass is 409 g/mol. The molecule has 148 valence electrons. The Bertz CT molecular complexity index is 1180. The van der Waals surface area contributed by atoms with Gasteiger partial charge in [-0.05, 0) is 36.6 Å². The molecule has 0 amide bonds. The molecule has 2 fully saturated rings. The van der Waals surface area contributed by atoms with Crippen LogP contribution in [-0.4, -0.2) is 54.8 Å². The Hall–Kier alpha value is -2.80. The van der Waals surface area contributed by atoms with Gasteiger partial charge >= 0.3 is 0 Å². The second-order valence-electron chi connectivity index (χ2n) is 7.57. The second-order valence-corrected chi connectivity index (χ2v) is 8.35. The van der Waals surface area contributed by atoms with Gasteiger partial charge in [-0.25, -0.2) is 15.0 Å². The maximum absolute atomic E-state index is 12.1. The lowest BCUT2D eigenvalue weighted by molar-refractivity contribution is -0.128. The molecule has 0 radical (unpaired) electrons. The minimum atomic E-state index is -1.09. The number of aliphatic hydroxyl groups excluding tert-OH is 2. The minimum Gasteiger partial charge on any atom is -0.389 e. The number of thiophene rings is 1. The summed E-state index contributed by atoms with van der Waals surface area (Å²) < 4.78 is 1.75. The molecule has 2 saturated carbocycles. The van der Waals surface area contributed by atoms with Crippen molar-refractivity contribution in [1.29, 1.82) is 0 Å². The first kappa shape index (κ1) is 18.2. The average Bonchev–Trinajstić information content (AvgIpc) is 3.00. The van der Waals surface area contributed by atoms with Crippen LogP contribution in [0.3, 0.4) is 0 Å². The zero-order valence-electron chi connectivity index (χ0n) is 15.8. The van der Waals surface area contributed by atoms with Crippen molar-refractivity contribution in [3.8, 4) is 11.8 Å². The van der Waals surface area contributed by atoms with Gasteiger partial charge in [0, 0.05) is 18.0 Å². The molecule has 3 aromatic heterocycles. The van der Waals surface area contributed by atoms with E-state index in [4.69, 9.17) is 0 Å². The quantitative estimate of drug-likeness (QED) is 0.557. The van der Waals surface area contributed by atoms with Crippen LogP contribution in [0, 0.1) is 23.2 Å². The first-order valence-corrected chi connectivity index (χ1v) is 10.3. The number of fused-ring (bicyclic) bond motifs is 2. The van der Waals surface area contributed by atoms with E-state index in [0.717, 1.165) is 5.56 Å². The van der Waals surface area contributed by atoms with Gasteiger partial charge in [-0.3, -0.25) is 4.79 Å². The Labute approximate surface area is 170 Å². The minimum absolute atomic E-state index is 0.0890. The molecule has 2 unspecified atom stereocenters. The first-order chi connectivity index (χ1) is 14.0. The number of rotatable bonds is 3. The zero-order valence-corrected chi connectivity index (χ0v) is 16.6. The van der Waals surface area contributed by atoms with Crippen LogP contribution in [0.1, 0.15) is 30.8 Å². The predicted octanol–water partition coefficient (Wildman–Crippen LogP) is 1.20. The van der Waals surface area contributed by atoms with Gasteiger partial charge in [-0.2, -0.15) is 11.3 Å². The Morgan fingerprint density at radius 3 is 2.86 bits per heavy atom. The average molecular weight is 409 g/mol. The number of nitrogens with zero attached hydrogens (tertiary/aromatic N) is 4. The maximum atomic E-state index is 12.1. The number of carbonyl (C=O) groups excluding carboxylic acids is 1. The van der Waals surface area contributed by atoms with Crippen LogP contribution >= 0.6 is 11.3 Å². The number of carbonyl (C=O) groups is 1. The van der Waals surface area contributed by atoms with Crippen molar-refractivity contribution in [3.63, 3.8) is 0 Å². The Kier molecular flexibility index (Phi) is 4.00. The van der Waals surface area contributed by atoms with Crippen LogP contribution in [0.5, 0.6) is 0 Å². The third-order valence-corrected chi connectivity index (χ3v) is 6.83. The summed E-state index contributed by atoms with van der Waals surface area (Å²) >= 11 is 1.56. The van der Waals surface area contributed by atoms with E-state index in [1.165, 1.54) is 6.92 Å². The topological polar surface area (TPSA) is 113 Å². The zero-order chi connectivity index (χ0) is 20.3. The lowest BCUT2D eigenvalue weighted by atomic mass is 9.95. The molecule has 0 spiro atoms. The molecule has 2 aliphatic carbocycles. The van der Waals surface area contributed by atoms with Crippen LogP contribution in [-0.2, 0) is 4.79 Å². The third kappa shape index (κ3) is 2.53. The summed E-state index contributed by atoms with van der Waals surface area (Å²) in [4.78, 5) is 25.6. The van der Waals surface area contributed by atoms with Gasteiger partial charge < -0.3 is 20.1 Å². The van der Waals surface area contributed by atoms with E-state index in [0.29, 0.717) is 29.2 Å². The van der Waals surface area contributed by atoms with Crippen molar-refractivity contribution in [2.45, 2.75) is 31.6 Å². The number of nitrogens with one attached hydrogen (secondary N) is 1. The van der Waals surface area contributed by atoms with Gasteiger partial charge in [0.1, 0.15) is 11.9 Å². The van der Waals surface area contributed by atoms with Crippen molar-refractivity contribution in [1.82, 2.24) is 19.5 Å². The van der Waals surface area contributed by atoms with Gasteiger partial charge in [0.2, 0.25) is 5.82 Å². The lowest BCUT2D eigenvalue weighted by Gasteiger charge is -2.23. The molecule has 3 aromatic rings. The van der Waals surface area contributed by atoms with Gasteiger partial charge in [-0.15, -0.1) is 0 Å². The third-order valence-electron chi connectivity index (χ3n) is 6.15. The van der Waals surface area contributed by atoms with Gasteiger partial charge in [0.25, 0.3) is 0 Å². The van der Waals surface area contributed by atoms with E-state index in [-0.39, 0.29) is 11.7 Å². The standard InChI is InChI=1S/C20H19N5O3S/c1-10(26)20-7-12(20)15(16(27)17(20)28)25-9-22-14-18(21-2)23-13(24-19(14)25)4-3-11-5-6-29-8-11/h5-6,8-9,12,15-17,27-28H,7H2,1-2H3,(H,21,23,24)/t12?,15-,16+,17?,20+/m1/s1. The summed E-state index contributed by atoms with van der Waals surface area (Å²) in [5, 5.41) is 28.1. The molecule has 3 heterocycles. The summed E-state index contributed by atoms with van der Waals surface area (Å²) in [7, 11) is 1.74. The van der Waals surface area contributed by atoms with Crippen LogP contribution in [0.25, 0.3) is 11.2 Å². The fourth-order valence-corrected chi connectivity index (χ4v) is 5.19. The highest BCUT2D eigenvalue weighted by Crippen LogP contribution is 2.68. The molecular formula is C20H19N5O3S. The van der Waals surface area contributed by atoms with E-state index in [1.807, 2.05) is 16.8 Å². The number of imidazole rings is 1. The number of hydrogen-bond donors (Lipinski definition) is 3. The Morgan fingerprint density at radius 2 is 2.21 bits per heavy atom. The molecule has 0 bridgehead atoms. The summed E-state index contributed by atoms with van der Waals surface area (Å²) in [6.07, 6.45) is -0.00947. The predicted molar refractivity (Wildman–Crippen MR) is 107 cm³/mol. The Balaban J connectivity index is 1.61. The van der Waals surface area contributed by atoms with Crippen LogP contribution in [0.2, 0.25) is 0 Å². The summed E-state index contributed by atoms with van der Waals surface area (Å²) in [5.41, 5.74) is 1.09.